The molecule has 0 radical (unpaired) electrons. The molecule has 1 N–H and O–H groups in total. The Bertz CT molecular complexity index is 758. The molecule has 0 bridgehead atoms. The van der Waals surface area contributed by atoms with Gasteiger partial charge in [-0.3, -0.25) is 9.59 Å². The second kappa shape index (κ2) is 33.5. The van der Waals surface area contributed by atoms with E-state index in [0.29, 0.717) is 12.8 Å². The van der Waals surface area contributed by atoms with Crippen LogP contribution in [0, 0.1) is 0 Å². The van der Waals surface area contributed by atoms with E-state index in [2.05, 4.69) is 38.2 Å². The third-order valence-corrected chi connectivity index (χ3v) is 9.30. The first kappa shape index (κ1) is 47.3. The highest BCUT2D eigenvalue weighted by molar-refractivity contribution is 5.70. The maximum absolute atomic E-state index is 12.6. The van der Waals surface area contributed by atoms with E-state index in [9.17, 15) is 14.7 Å². The molecule has 0 fully saturated rings. The Morgan fingerprint density at radius 1 is 0.510 bits per heavy atom. The van der Waals surface area contributed by atoms with Crippen LogP contribution in [0.5, 0.6) is 0 Å². The van der Waals surface area contributed by atoms with Crippen molar-refractivity contribution in [3.63, 3.8) is 0 Å². The van der Waals surface area contributed by atoms with Crippen molar-refractivity contribution in [2.24, 2.45) is 0 Å². The summed E-state index contributed by atoms with van der Waals surface area (Å²) in [4.78, 5) is 26.7. The van der Waals surface area contributed by atoms with Crippen molar-refractivity contribution in [3.8, 4) is 0 Å². The fourth-order valence-corrected chi connectivity index (χ4v) is 6.48. The normalized spacial score (nSPS) is 13.5. The molecule has 0 aliphatic carbocycles. The molecule has 49 heavy (non-hydrogen) atoms. The van der Waals surface area contributed by atoms with Gasteiger partial charge >= 0.3 is 11.9 Å². The first-order valence-electron chi connectivity index (χ1n) is 20.8. The molecule has 0 aromatic carbocycles. The van der Waals surface area contributed by atoms with Gasteiger partial charge in [-0.1, -0.05) is 141 Å². The maximum Gasteiger partial charge on any atom is 0.307 e. The van der Waals surface area contributed by atoms with Gasteiger partial charge in [-0.05, 0) is 91.9 Å². The Morgan fingerprint density at radius 3 is 1.06 bits per heavy atom. The summed E-state index contributed by atoms with van der Waals surface area (Å²) in [5, 5.41) is 10.8. The zero-order chi connectivity index (χ0) is 36.4. The number of ether oxygens (including phenoxy) is 2. The van der Waals surface area contributed by atoms with Crippen molar-refractivity contribution in [1.29, 1.82) is 0 Å². The molecule has 0 aliphatic rings. The lowest BCUT2D eigenvalue weighted by Crippen LogP contribution is -2.55. The number of carbonyl (C=O) groups is 2. The number of esters is 2. The van der Waals surface area contributed by atoms with E-state index >= 15 is 0 Å². The molecule has 2 unspecified atom stereocenters. The molecule has 0 aromatic heterocycles. The molecule has 0 aromatic rings. The molecule has 0 saturated heterocycles. The molecule has 288 valence electrons. The molecule has 0 aliphatic heterocycles. The first-order chi connectivity index (χ1) is 23.6. The standard InChI is InChI=1S/C43H81NO5/c1-7-9-11-13-15-17-19-21-23-25-27-29-31-33-35-37-41(45)48-39(3)44(43(5,6)47)40(4)49-42(46)38-36-34-32-30-28-26-24-22-20-18-16-14-12-10-8-2/h21-24,39-40,47H,7-20,25-38H2,1-6H3. The molecule has 6 heteroatoms. The summed E-state index contributed by atoms with van der Waals surface area (Å²) < 4.78 is 11.3. The monoisotopic (exact) mass is 692 g/mol. The zero-order valence-electron chi connectivity index (χ0n) is 33.3. The van der Waals surface area contributed by atoms with Crippen molar-refractivity contribution in [2.45, 2.75) is 240 Å². The summed E-state index contributed by atoms with van der Waals surface area (Å²) >= 11 is 0. The summed E-state index contributed by atoms with van der Waals surface area (Å²) in [6.07, 6.45) is 40.1. The Hall–Kier alpha value is -1.66. The first-order valence-corrected chi connectivity index (χ1v) is 20.8. The van der Waals surface area contributed by atoms with Gasteiger partial charge < -0.3 is 14.6 Å². The highest BCUT2D eigenvalue weighted by Crippen LogP contribution is 2.22. The highest BCUT2D eigenvalue weighted by Gasteiger charge is 2.36. The molecular formula is C43H81NO5. The molecule has 0 rings (SSSR count). The van der Waals surface area contributed by atoms with Gasteiger partial charge in [-0.25, -0.2) is 4.90 Å². The van der Waals surface area contributed by atoms with E-state index in [0.717, 1.165) is 51.4 Å². The number of aliphatic hydroxyl groups is 1. The van der Waals surface area contributed by atoms with E-state index < -0.39 is 18.2 Å². The third-order valence-electron chi connectivity index (χ3n) is 9.30. The fourth-order valence-electron chi connectivity index (χ4n) is 6.48. The van der Waals surface area contributed by atoms with Crippen molar-refractivity contribution >= 4 is 11.9 Å². The SMILES string of the molecule is CCCCCCCCC=CCCCCCCCC(=O)OC(C)N(C(C)OC(=O)CCCCCCCC=CCCCCCCCC)C(C)(C)O. The smallest absolute Gasteiger partial charge is 0.307 e. The number of hydrogen-bond donors (Lipinski definition) is 1. The number of allylic oxidation sites excluding steroid dienone is 4. The van der Waals surface area contributed by atoms with Gasteiger partial charge in [-0.2, -0.15) is 0 Å². The molecule has 0 spiro atoms. The van der Waals surface area contributed by atoms with Crippen LogP contribution in [0.15, 0.2) is 24.3 Å². The lowest BCUT2D eigenvalue weighted by Gasteiger charge is -2.41. The van der Waals surface area contributed by atoms with Crippen LogP contribution in [-0.2, 0) is 19.1 Å². The minimum atomic E-state index is -1.33. The van der Waals surface area contributed by atoms with Crippen molar-refractivity contribution in [2.75, 3.05) is 0 Å². The summed E-state index contributed by atoms with van der Waals surface area (Å²) in [5.74, 6) is -0.572. The predicted octanol–water partition coefficient (Wildman–Crippen LogP) is 12.9. The number of rotatable bonds is 35. The largest absolute Gasteiger partial charge is 0.446 e. The Balaban J connectivity index is 4.06. The van der Waals surface area contributed by atoms with Crippen LogP contribution < -0.4 is 0 Å². The van der Waals surface area contributed by atoms with Crippen molar-refractivity contribution < 1.29 is 24.2 Å². The van der Waals surface area contributed by atoms with Gasteiger partial charge in [0, 0.05) is 12.8 Å². The van der Waals surface area contributed by atoms with Gasteiger partial charge in [0.05, 0.1) is 0 Å². The van der Waals surface area contributed by atoms with Crippen LogP contribution in [0.2, 0.25) is 0 Å². The highest BCUT2D eigenvalue weighted by atomic mass is 16.6. The van der Waals surface area contributed by atoms with Crippen molar-refractivity contribution in [3.05, 3.63) is 24.3 Å². The maximum atomic E-state index is 12.6. The van der Waals surface area contributed by atoms with Crippen LogP contribution in [-0.4, -0.2) is 40.1 Å². The minimum absolute atomic E-state index is 0.286. The topological polar surface area (TPSA) is 76.1 Å². The van der Waals surface area contributed by atoms with Crippen LogP contribution in [0.1, 0.15) is 221 Å². The summed E-state index contributed by atoms with van der Waals surface area (Å²) in [7, 11) is 0. The Morgan fingerprint density at radius 2 is 0.776 bits per heavy atom. The second-order valence-corrected chi connectivity index (χ2v) is 14.7. The van der Waals surface area contributed by atoms with Crippen LogP contribution in [0.25, 0.3) is 0 Å². The van der Waals surface area contributed by atoms with Gasteiger partial charge in [0.15, 0.2) is 12.5 Å². The van der Waals surface area contributed by atoms with Crippen LogP contribution >= 0.6 is 0 Å². The molecule has 6 nitrogen and oxygen atoms in total. The zero-order valence-corrected chi connectivity index (χ0v) is 33.3. The number of nitrogens with zero attached hydrogens (tertiary/aromatic N) is 1. The second-order valence-electron chi connectivity index (χ2n) is 14.7. The van der Waals surface area contributed by atoms with E-state index in [-0.39, 0.29) is 11.9 Å². The van der Waals surface area contributed by atoms with E-state index in [1.54, 1.807) is 32.6 Å². The summed E-state index contributed by atoms with van der Waals surface area (Å²) in [6.45, 7) is 11.2. The van der Waals surface area contributed by atoms with Gasteiger partial charge in [0.25, 0.3) is 0 Å². The average Bonchev–Trinajstić information content (AvgIpc) is 3.04. The van der Waals surface area contributed by atoms with Crippen molar-refractivity contribution in [1.82, 2.24) is 4.90 Å². The molecule has 0 heterocycles. The number of unbranched alkanes of at least 4 members (excludes halogenated alkanes) is 22. The molecular weight excluding hydrogens is 610 g/mol. The Kier molecular flexibility index (Phi) is 32.3. The number of hydrogen-bond acceptors (Lipinski definition) is 6. The van der Waals surface area contributed by atoms with Gasteiger partial charge in [-0.15, -0.1) is 0 Å². The van der Waals surface area contributed by atoms with E-state index in [1.807, 2.05) is 0 Å². The summed E-state index contributed by atoms with van der Waals surface area (Å²) in [5.41, 5.74) is -1.33. The number of carbonyl (C=O) groups excluding carboxylic acids is 2. The Labute approximate surface area is 304 Å². The van der Waals surface area contributed by atoms with Gasteiger partial charge in [0.2, 0.25) is 0 Å². The molecule has 0 amide bonds. The minimum Gasteiger partial charge on any atom is -0.446 e. The summed E-state index contributed by atoms with van der Waals surface area (Å²) in [6, 6.07) is 0. The van der Waals surface area contributed by atoms with Gasteiger partial charge in [0.1, 0.15) is 5.72 Å². The molecule has 2 atom stereocenters. The average molecular weight is 692 g/mol. The van der Waals surface area contributed by atoms with Crippen LogP contribution in [0.4, 0.5) is 0 Å². The lowest BCUT2D eigenvalue weighted by atomic mass is 10.1. The molecule has 0 saturated carbocycles. The quantitative estimate of drug-likeness (QED) is 0.0308. The lowest BCUT2D eigenvalue weighted by molar-refractivity contribution is -0.231. The third kappa shape index (κ3) is 30.9. The fraction of sp³-hybridized carbons (Fsp3) is 0.860. The van der Waals surface area contributed by atoms with E-state index in [4.69, 9.17) is 9.47 Å². The van der Waals surface area contributed by atoms with Crippen LogP contribution in [0.3, 0.4) is 0 Å². The van der Waals surface area contributed by atoms with E-state index in [1.165, 1.54) is 116 Å². The predicted molar refractivity (Wildman–Crippen MR) is 208 cm³/mol.